The number of para-hydroxylation sites is 1. The van der Waals surface area contributed by atoms with E-state index in [1.165, 1.54) is 0 Å². The van der Waals surface area contributed by atoms with Crippen LogP contribution in [0.25, 0.3) is 0 Å². The number of benzene rings is 2. The molecule has 0 amide bonds. The Morgan fingerprint density at radius 2 is 1.62 bits per heavy atom. The molecule has 16 heavy (non-hydrogen) atoms. The fourth-order valence-electron chi connectivity index (χ4n) is 1.12. The van der Waals surface area contributed by atoms with Crippen LogP contribution in [0.4, 0.5) is 5.69 Å². The lowest BCUT2D eigenvalue weighted by molar-refractivity contribution is 0.282. The zero-order valence-corrected chi connectivity index (χ0v) is 8.88. The number of aliphatic hydroxyl groups is 1. The van der Waals surface area contributed by atoms with Crippen LogP contribution in [0, 0.1) is 0 Å². The Labute approximate surface area is 94.8 Å². The first-order chi connectivity index (χ1) is 7.72. The summed E-state index contributed by atoms with van der Waals surface area (Å²) in [7, 11) is 0. The highest BCUT2D eigenvalue weighted by molar-refractivity contribution is 5.40. The number of nitrogens with two attached hydrogens (primary N) is 1. The summed E-state index contributed by atoms with van der Waals surface area (Å²) in [5, 5.41) is 17.2. The summed E-state index contributed by atoms with van der Waals surface area (Å²) in [4.78, 5) is 0. The minimum absolute atomic E-state index is 0.0606. The second kappa shape index (κ2) is 6.48. The number of nitrogen functional groups attached to an aromatic ring is 1. The van der Waals surface area contributed by atoms with Gasteiger partial charge in [0.15, 0.2) is 0 Å². The van der Waals surface area contributed by atoms with Crippen molar-refractivity contribution in [1.82, 2.24) is 0 Å². The molecule has 0 radical (unpaired) electrons. The molecule has 4 N–H and O–H groups in total. The Kier molecular flexibility index (Phi) is 4.89. The van der Waals surface area contributed by atoms with Gasteiger partial charge in [-0.3, -0.25) is 0 Å². The molecule has 0 unspecified atom stereocenters. The minimum atomic E-state index is 0.0606. The fourth-order valence-corrected chi connectivity index (χ4v) is 1.12. The molecule has 0 fully saturated rings. The van der Waals surface area contributed by atoms with Crippen LogP contribution in [0.2, 0.25) is 0 Å². The van der Waals surface area contributed by atoms with E-state index >= 15 is 0 Å². The zero-order valence-electron chi connectivity index (χ0n) is 8.88. The van der Waals surface area contributed by atoms with Crippen LogP contribution >= 0.6 is 0 Å². The summed E-state index contributed by atoms with van der Waals surface area (Å²) in [6.45, 7) is 0.0606. The molecule has 2 aromatic rings. The van der Waals surface area contributed by atoms with Crippen molar-refractivity contribution >= 4 is 5.69 Å². The van der Waals surface area contributed by atoms with Gasteiger partial charge in [0.1, 0.15) is 5.75 Å². The van der Waals surface area contributed by atoms with Crippen molar-refractivity contribution in [2.45, 2.75) is 6.61 Å². The predicted octanol–water partition coefficient (Wildman–Crippen LogP) is 2.15. The molecule has 2 aromatic carbocycles. The van der Waals surface area contributed by atoms with Crippen LogP contribution in [-0.4, -0.2) is 10.2 Å². The molecule has 0 aliphatic carbocycles. The van der Waals surface area contributed by atoms with Gasteiger partial charge in [-0.15, -0.1) is 0 Å². The third-order valence-corrected chi connectivity index (χ3v) is 1.89. The maximum absolute atomic E-state index is 8.63. The standard InChI is InChI=1S/C7H9NO.C6H6O/c8-7-3-1-2-6(4-7)5-9;7-6-4-2-1-3-5-6/h1-4,9H,5,8H2;1-5,7H. The van der Waals surface area contributed by atoms with Crippen molar-refractivity contribution in [2.24, 2.45) is 0 Å². The van der Waals surface area contributed by atoms with Crippen molar-refractivity contribution in [3.05, 3.63) is 60.2 Å². The van der Waals surface area contributed by atoms with Gasteiger partial charge < -0.3 is 15.9 Å². The van der Waals surface area contributed by atoms with Gasteiger partial charge >= 0.3 is 0 Å². The molecular formula is C13H15NO2. The number of phenols is 1. The smallest absolute Gasteiger partial charge is 0.115 e. The molecule has 0 aliphatic rings. The van der Waals surface area contributed by atoms with E-state index in [1.54, 1.807) is 36.4 Å². The van der Waals surface area contributed by atoms with E-state index in [0.29, 0.717) is 11.4 Å². The maximum Gasteiger partial charge on any atom is 0.115 e. The largest absolute Gasteiger partial charge is 0.508 e. The maximum atomic E-state index is 8.63. The Balaban J connectivity index is 0.000000165. The van der Waals surface area contributed by atoms with Gasteiger partial charge in [-0.1, -0.05) is 30.3 Å². The molecule has 0 aliphatic heterocycles. The third-order valence-electron chi connectivity index (χ3n) is 1.89. The average Bonchev–Trinajstić information content (AvgIpc) is 2.31. The van der Waals surface area contributed by atoms with Gasteiger partial charge in [0, 0.05) is 5.69 Å². The monoisotopic (exact) mass is 217 g/mol. The van der Waals surface area contributed by atoms with Gasteiger partial charge in [0.2, 0.25) is 0 Å². The molecule has 84 valence electrons. The first-order valence-corrected chi connectivity index (χ1v) is 4.91. The molecule has 0 saturated carbocycles. The summed E-state index contributed by atoms with van der Waals surface area (Å²) < 4.78 is 0. The van der Waals surface area contributed by atoms with Gasteiger partial charge in [0.25, 0.3) is 0 Å². The van der Waals surface area contributed by atoms with E-state index < -0.39 is 0 Å². The Morgan fingerprint density at radius 3 is 2.00 bits per heavy atom. The Morgan fingerprint density at radius 1 is 0.938 bits per heavy atom. The molecule has 2 rings (SSSR count). The molecular weight excluding hydrogens is 202 g/mol. The predicted molar refractivity (Wildman–Crippen MR) is 64.9 cm³/mol. The summed E-state index contributed by atoms with van der Waals surface area (Å²) in [5.41, 5.74) is 6.98. The first kappa shape index (κ1) is 12.1. The highest BCUT2D eigenvalue weighted by atomic mass is 16.3. The SMILES string of the molecule is Nc1cccc(CO)c1.Oc1ccccc1. The van der Waals surface area contributed by atoms with Crippen LogP contribution in [0.3, 0.4) is 0 Å². The number of aromatic hydroxyl groups is 1. The summed E-state index contributed by atoms with van der Waals surface area (Å²) in [6.07, 6.45) is 0. The first-order valence-electron chi connectivity index (χ1n) is 4.91. The summed E-state index contributed by atoms with van der Waals surface area (Å²) >= 11 is 0. The van der Waals surface area contributed by atoms with Gasteiger partial charge in [-0.25, -0.2) is 0 Å². The van der Waals surface area contributed by atoms with E-state index in [4.69, 9.17) is 15.9 Å². The average molecular weight is 217 g/mol. The molecule has 3 heteroatoms. The van der Waals surface area contributed by atoms with E-state index in [1.807, 2.05) is 18.2 Å². The molecule has 0 bridgehead atoms. The van der Waals surface area contributed by atoms with Crippen molar-refractivity contribution in [1.29, 1.82) is 0 Å². The molecule has 0 saturated heterocycles. The minimum Gasteiger partial charge on any atom is -0.508 e. The second-order valence-corrected chi connectivity index (χ2v) is 3.24. The van der Waals surface area contributed by atoms with Gasteiger partial charge in [-0.2, -0.15) is 0 Å². The number of hydrogen-bond donors (Lipinski definition) is 3. The molecule has 0 atom stereocenters. The van der Waals surface area contributed by atoms with Crippen molar-refractivity contribution < 1.29 is 10.2 Å². The lowest BCUT2D eigenvalue weighted by Gasteiger charge is -1.94. The third kappa shape index (κ3) is 4.48. The van der Waals surface area contributed by atoms with Crippen molar-refractivity contribution in [2.75, 3.05) is 5.73 Å². The van der Waals surface area contributed by atoms with Crippen molar-refractivity contribution in [3.8, 4) is 5.75 Å². The Bertz CT molecular complexity index is 415. The molecule has 3 nitrogen and oxygen atoms in total. The highest BCUT2D eigenvalue weighted by Gasteiger charge is 1.87. The molecule has 0 heterocycles. The van der Waals surface area contributed by atoms with Crippen molar-refractivity contribution in [3.63, 3.8) is 0 Å². The lowest BCUT2D eigenvalue weighted by Crippen LogP contribution is -1.87. The molecule has 0 aromatic heterocycles. The zero-order chi connectivity index (χ0) is 11.8. The van der Waals surface area contributed by atoms with Crippen LogP contribution in [-0.2, 0) is 6.61 Å². The van der Waals surface area contributed by atoms with Gasteiger partial charge in [0.05, 0.1) is 6.61 Å². The number of aliphatic hydroxyl groups excluding tert-OH is 1. The highest BCUT2D eigenvalue weighted by Crippen LogP contribution is 2.05. The number of phenolic OH excluding ortho intramolecular Hbond substituents is 1. The fraction of sp³-hybridized carbons (Fsp3) is 0.0769. The summed E-state index contributed by atoms with van der Waals surface area (Å²) in [6, 6.07) is 15.9. The number of anilines is 1. The summed E-state index contributed by atoms with van der Waals surface area (Å²) in [5.74, 6) is 0.322. The van der Waals surface area contributed by atoms with E-state index in [0.717, 1.165) is 5.56 Å². The van der Waals surface area contributed by atoms with Crippen LogP contribution in [0.15, 0.2) is 54.6 Å². The number of rotatable bonds is 1. The number of hydrogen-bond acceptors (Lipinski definition) is 3. The molecule has 0 spiro atoms. The quantitative estimate of drug-likeness (QED) is 0.641. The van der Waals surface area contributed by atoms with Gasteiger partial charge in [-0.05, 0) is 29.8 Å². The van der Waals surface area contributed by atoms with E-state index in [2.05, 4.69) is 0 Å². The topological polar surface area (TPSA) is 66.5 Å². The van der Waals surface area contributed by atoms with E-state index in [-0.39, 0.29) is 6.61 Å². The second-order valence-electron chi connectivity index (χ2n) is 3.24. The van der Waals surface area contributed by atoms with E-state index in [9.17, 15) is 0 Å². The lowest BCUT2D eigenvalue weighted by atomic mass is 10.2. The Hall–Kier alpha value is -2.00. The normalized spacial score (nSPS) is 9.06. The van der Waals surface area contributed by atoms with Crippen LogP contribution in [0.5, 0.6) is 5.75 Å². The van der Waals surface area contributed by atoms with Crippen LogP contribution < -0.4 is 5.73 Å². The van der Waals surface area contributed by atoms with Crippen LogP contribution in [0.1, 0.15) is 5.56 Å².